The fourth-order valence-corrected chi connectivity index (χ4v) is 2.58. The summed E-state index contributed by atoms with van der Waals surface area (Å²) in [6.45, 7) is 0.964. The van der Waals surface area contributed by atoms with Gasteiger partial charge >= 0.3 is 6.18 Å². The summed E-state index contributed by atoms with van der Waals surface area (Å²) in [6, 6.07) is 5.30. The molecule has 1 nitrogen and oxygen atoms in total. The van der Waals surface area contributed by atoms with E-state index in [0.717, 1.165) is 37.1 Å². The third kappa shape index (κ3) is 7.69. The molecule has 0 N–H and O–H groups in total. The lowest BCUT2D eigenvalue weighted by molar-refractivity contribution is -0.137. The molecule has 2 rings (SSSR count). The Labute approximate surface area is 136 Å². The van der Waals surface area contributed by atoms with Crippen molar-refractivity contribution in [3.05, 3.63) is 41.5 Å². The van der Waals surface area contributed by atoms with Gasteiger partial charge in [-0.15, -0.1) is 0 Å². The Balaban J connectivity index is 1.50. The van der Waals surface area contributed by atoms with Crippen LogP contribution >= 0.6 is 0 Å². The summed E-state index contributed by atoms with van der Waals surface area (Å²) in [5.41, 5.74) is 0.225. The second kappa shape index (κ2) is 9.11. The molecule has 0 radical (unpaired) electrons. The van der Waals surface area contributed by atoms with Crippen molar-refractivity contribution in [1.82, 2.24) is 0 Å². The summed E-state index contributed by atoms with van der Waals surface area (Å²) in [6.07, 6.45) is 9.93. The van der Waals surface area contributed by atoms with Crippen LogP contribution in [0.5, 0.6) is 0 Å². The number of alkyl halides is 3. The number of allylic oxidation sites excluding steroid dienone is 1. The van der Waals surface area contributed by atoms with Gasteiger partial charge < -0.3 is 4.74 Å². The number of ether oxygens (including phenoxy) is 1. The molecule has 0 aliphatic carbocycles. The van der Waals surface area contributed by atoms with Crippen LogP contribution in [0.1, 0.15) is 62.5 Å². The van der Waals surface area contributed by atoms with Gasteiger partial charge in [0.25, 0.3) is 0 Å². The highest BCUT2D eigenvalue weighted by Gasteiger charge is 2.29. The molecule has 4 heteroatoms. The Morgan fingerprint density at radius 1 is 0.957 bits per heavy atom. The van der Waals surface area contributed by atoms with E-state index in [1.165, 1.54) is 50.7 Å². The number of epoxide rings is 1. The summed E-state index contributed by atoms with van der Waals surface area (Å²) in [7, 11) is 0. The van der Waals surface area contributed by atoms with Crippen molar-refractivity contribution in [3.8, 4) is 0 Å². The molecular formula is C19H25F3O. The van der Waals surface area contributed by atoms with E-state index in [-0.39, 0.29) is 0 Å². The van der Waals surface area contributed by atoms with E-state index < -0.39 is 11.7 Å². The van der Waals surface area contributed by atoms with Crippen LogP contribution < -0.4 is 0 Å². The predicted molar refractivity (Wildman–Crippen MR) is 87.2 cm³/mol. The Bertz CT molecular complexity index is 472. The van der Waals surface area contributed by atoms with Gasteiger partial charge in [-0.3, -0.25) is 0 Å². The molecule has 1 saturated heterocycles. The van der Waals surface area contributed by atoms with E-state index >= 15 is 0 Å². The molecule has 1 atom stereocenters. The van der Waals surface area contributed by atoms with Crippen molar-refractivity contribution < 1.29 is 17.9 Å². The van der Waals surface area contributed by atoms with Gasteiger partial charge in [-0.1, -0.05) is 56.4 Å². The van der Waals surface area contributed by atoms with Gasteiger partial charge in [-0.05, 0) is 37.0 Å². The van der Waals surface area contributed by atoms with E-state index in [0.29, 0.717) is 6.10 Å². The van der Waals surface area contributed by atoms with Gasteiger partial charge in [0, 0.05) is 0 Å². The van der Waals surface area contributed by atoms with Gasteiger partial charge in [0.05, 0.1) is 18.3 Å². The SMILES string of the molecule is FC(F)(F)c1ccc(/C=C\CCCCCCCCC2CO2)cc1. The molecule has 0 amide bonds. The summed E-state index contributed by atoms with van der Waals surface area (Å²) < 4.78 is 42.5. The van der Waals surface area contributed by atoms with Crippen molar-refractivity contribution in [1.29, 1.82) is 0 Å². The summed E-state index contributed by atoms with van der Waals surface area (Å²) in [5.74, 6) is 0. The van der Waals surface area contributed by atoms with Crippen LogP contribution in [-0.4, -0.2) is 12.7 Å². The lowest BCUT2D eigenvalue weighted by atomic mass is 10.1. The highest BCUT2D eigenvalue weighted by molar-refractivity contribution is 5.49. The van der Waals surface area contributed by atoms with Crippen molar-refractivity contribution in [2.75, 3.05) is 6.61 Å². The van der Waals surface area contributed by atoms with Gasteiger partial charge in [-0.25, -0.2) is 0 Å². The lowest BCUT2D eigenvalue weighted by Gasteiger charge is -2.05. The smallest absolute Gasteiger partial charge is 0.373 e. The summed E-state index contributed by atoms with van der Waals surface area (Å²) in [4.78, 5) is 0. The molecular weight excluding hydrogens is 301 g/mol. The Kier molecular flexibility index (Phi) is 7.15. The first-order valence-electron chi connectivity index (χ1n) is 8.51. The van der Waals surface area contributed by atoms with Gasteiger partial charge in [0.2, 0.25) is 0 Å². The fourth-order valence-electron chi connectivity index (χ4n) is 2.58. The maximum absolute atomic E-state index is 12.4. The highest BCUT2D eigenvalue weighted by Crippen LogP contribution is 2.29. The topological polar surface area (TPSA) is 12.5 Å². The van der Waals surface area contributed by atoms with Crippen molar-refractivity contribution in [2.45, 2.75) is 63.6 Å². The molecule has 1 aliphatic rings. The Morgan fingerprint density at radius 2 is 1.57 bits per heavy atom. The van der Waals surface area contributed by atoms with Crippen LogP contribution in [0.2, 0.25) is 0 Å². The Hall–Kier alpha value is -1.29. The molecule has 1 aromatic rings. The molecule has 0 aromatic heterocycles. The van der Waals surface area contributed by atoms with Gasteiger partial charge in [0.15, 0.2) is 0 Å². The quantitative estimate of drug-likeness (QED) is 0.366. The van der Waals surface area contributed by atoms with Crippen molar-refractivity contribution in [2.24, 2.45) is 0 Å². The van der Waals surface area contributed by atoms with Crippen molar-refractivity contribution in [3.63, 3.8) is 0 Å². The van der Waals surface area contributed by atoms with Gasteiger partial charge in [-0.2, -0.15) is 13.2 Å². The molecule has 23 heavy (non-hydrogen) atoms. The average Bonchev–Trinajstić information content (AvgIpc) is 3.33. The minimum absolute atomic E-state index is 0.560. The second-order valence-electron chi connectivity index (χ2n) is 6.18. The monoisotopic (exact) mass is 326 g/mol. The lowest BCUT2D eigenvalue weighted by Crippen LogP contribution is -2.03. The molecule has 1 unspecified atom stereocenters. The molecule has 1 aromatic carbocycles. The molecule has 1 heterocycles. The zero-order chi connectivity index (χ0) is 16.5. The van der Waals surface area contributed by atoms with Crippen LogP contribution in [0.15, 0.2) is 30.3 Å². The number of rotatable bonds is 10. The van der Waals surface area contributed by atoms with E-state index in [2.05, 4.69) is 0 Å². The van der Waals surface area contributed by atoms with Crippen LogP contribution in [0.4, 0.5) is 13.2 Å². The number of benzene rings is 1. The number of hydrogen-bond donors (Lipinski definition) is 0. The number of unbranched alkanes of at least 4 members (excludes halogenated alkanes) is 6. The normalized spacial score (nSPS) is 17.8. The Morgan fingerprint density at radius 3 is 2.17 bits per heavy atom. The van der Waals surface area contributed by atoms with Gasteiger partial charge in [0.1, 0.15) is 0 Å². The van der Waals surface area contributed by atoms with E-state index in [1.54, 1.807) is 0 Å². The third-order valence-electron chi connectivity index (χ3n) is 4.10. The first-order valence-corrected chi connectivity index (χ1v) is 8.51. The first kappa shape index (κ1) is 18.1. The zero-order valence-corrected chi connectivity index (χ0v) is 13.4. The molecule has 128 valence electrons. The van der Waals surface area contributed by atoms with Crippen molar-refractivity contribution >= 4 is 6.08 Å². The minimum Gasteiger partial charge on any atom is -0.373 e. The second-order valence-corrected chi connectivity index (χ2v) is 6.18. The number of halogens is 3. The third-order valence-corrected chi connectivity index (χ3v) is 4.10. The molecule has 0 saturated carbocycles. The highest BCUT2D eigenvalue weighted by atomic mass is 19.4. The minimum atomic E-state index is -4.26. The fraction of sp³-hybridized carbons (Fsp3) is 0.579. The standard InChI is InChI=1S/C19H25F3O/c20-19(21,22)17-13-11-16(12-14-17)9-7-5-3-1-2-4-6-8-10-18-15-23-18/h7,9,11-14,18H,1-6,8,10,15H2/b9-7-. The van der Waals surface area contributed by atoms with E-state index in [4.69, 9.17) is 4.74 Å². The summed E-state index contributed by atoms with van der Waals surface area (Å²) >= 11 is 0. The van der Waals surface area contributed by atoms with Crippen LogP contribution in [0.3, 0.4) is 0 Å². The van der Waals surface area contributed by atoms with Crippen LogP contribution in [0, 0.1) is 0 Å². The van der Waals surface area contributed by atoms with Crippen LogP contribution in [0.25, 0.3) is 6.08 Å². The zero-order valence-electron chi connectivity index (χ0n) is 13.4. The predicted octanol–water partition coefficient (Wildman–Crippen LogP) is 6.24. The van der Waals surface area contributed by atoms with Crippen LogP contribution in [-0.2, 0) is 10.9 Å². The first-order chi connectivity index (χ1) is 11.1. The summed E-state index contributed by atoms with van der Waals surface area (Å²) in [5, 5.41) is 0. The molecule has 0 spiro atoms. The molecule has 1 fully saturated rings. The average molecular weight is 326 g/mol. The van der Waals surface area contributed by atoms with E-state index in [9.17, 15) is 13.2 Å². The largest absolute Gasteiger partial charge is 0.416 e. The maximum Gasteiger partial charge on any atom is 0.416 e. The number of hydrogen-bond acceptors (Lipinski definition) is 1. The maximum atomic E-state index is 12.4. The molecule has 0 bridgehead atoms. The van der Waals surface area contributed by atoms with E-state index in [1.807, 2.05) is 12.2 Å². The molecule has 1 aliphatic heterocycles.